The summed E-state index contributed by atoms with van der Waals surface area (Å²) in [5.41, 5.74) is 3.18. The number of rotatable bonds is 1. The lowest BCUT2D eigenvalue weighted by Crippen LogP contribution is -2.43. The monoisotopic (exact) mass is 278 g/mol. The Balaban J connectivity index is 2.22. The van der Waals surface area contributed by atoms with Crippen molar-refractivity contribution >= 4 is 0 Å². The van der Waals surface area contributed by atoms with Gasteiger partial charge in [0.25, 0.3) is 0 Å². The third-order valence-corrected chi connectivity index (χ3v) is 4.79. The van der Waals surface area contributed by atoms with Crippen molar-refractivity contribution in [3.05, 3.63) is 22.8 Å². The van der Waals surface area contributed by atoms with Gasteiger partial charge in [0.2, 0.25) is 5.79 Å². The first kappa shape index (κ1) is 13.7. The van der Waals surface area contributed by atoms with Gasteiger partial charge in [-0.25, -0.2) is 0 Å². The fourth-order valence-electron chi connectivity index (χ4n) is 3.35. The van der Waals surface area contributed by atoms with E-state index >= 15 is 0 Å². The highest BCUT2D eigenvalue weighted by molar-refractivity contribution is 5.56. The Labute approximate surface area is 119 Å². The predicted molar refractivity (Wildman–Crippen MR) is 75.2 cm³/mol. The molecule has 0 spiro atoms. The molecule has 1 aromatic rings. The van der Waals surface area contributed by atoms with Crippen LogP contribution in [0.2, 0.25) is 0 Å². The maximum Gasteiger partial charge on any atom is 0.210 e. The number of aromatic hydroxyl groups is 1. The summed E-state index contributed by atoms with van der Waals surface area (Å²) >= 11 is 0. The van der Waals surface area contributed by atoms with Gasteiger partial charge in [0, 0.05) is 38.0 Å². The van der Waals surface area contributed by atoms with Crippen molar-refractivity contribution < 1.29 is 19.3 Å². The zero-order valence-corrected chi connectivity index (χ0v) is 12.7. The second kappa shape index (κ2) is 4.37. The maximum absolute atomic E-state index is 10.2. The standard InChI is InChI=1S/C16H22O4/c1-8-10(3)19-13-7-16(4,18-5)20-12-6-11(17)9(2)14(8)15(12)13/h6,8,10,13,17H,7H2,1-5H3/t8-,10-,13+,16+/m1/s1. The molecule has 0 amide bonds. The Morgan fingerprint density at radius 1 is 1.35 bits per heavy atom. The molecule has 2 heterocycles. The topological polar surface area (TPSA) is 47.9 Å². The van der Waals surface area contributed by atoms with Crippen LogP contribution in [0, 0.1) is 6.92 Å². The molecular formula is C16H22O4. The van der Waals surface area contributed by atoms with E-state index in [1.54, 1.807) is 13.2 Å². The van der Waals surface area contributed by atoms with Gasteiger partial charge in [0.1, 0.15) is 11.5 Å². The number of hydrogen-bond donors (Lipinski definition) is 1. The fraction of sp³-hybridized carbons (Fsp3) is 0.625. The van der Waals surface area contributed by atoms with Gasteiger partial charge in [-0.1, -0.05) is 6.92 Å². The third-order valence-electron chi connectivity index (χ3n) is 4.79. The van der Waals surface area contributed by atoms with E-state index in [4.69, 9.17) is 14.2 Å². The number of phenols is 1. The molecule has 4 heteroatoms. The lowest BCUT2D eigenvalue weighted by atomic mass is 9.80. The molecule has 4 atom stereocenters. The molecule has 0 saturated carbocycles. The highest BCUT2D eigenvalue weighted by Crippen LogP contribution is 2.52. The van der Waals surface area contributed by atoms with Gasteiger partial charge >= 0.3 is 0 Å². The van der Waals surface area contributed by atoms with E-state index in [9.17, 15) is 5.11 Å². The minimum Gasteiger partial charge on any atom is -0.508 e. The minimum atomic E-state index is -0.711. The summed E-state index contributed by atoms with van der Waals surface area (Å²) in [7, 11) is 1.63. The van der Waals surface area contributed by atoms with Crippen molar-refractivity contribution in [2.45, 2.75) is 58.0 Å². The van der Waals surface area contributed by atoms with Gasteiger partial charge in [0.15, 0.2) is 0 Å². The van der Waals surface area contributed by atoms with Crippen LogP contribution in [0.3, 0.4) is 0 Å². The van der Waals surface area contributed by atoms with Crippen LogP contribution in [0.4, 0.5) is 0 Å². The first-order chi connectivity index (χ1) is 9.36. The number of ether oxygens (including phenoxy) is 3. The summed E-state index contributed by atoms with van der Waals surface area (Å²) in [6, 6.07) is 1.68. The number of methoxy groups -OCH3 is 1. The first-order valence-electron chi connectivity index (χ1n) is 7.12. The average Bonchev–Trinajstić information content (AvgIpc) is 2.39. The van der Waals surface area contributed by atoms with Crippen molar-refractivity contribution in [2.24, 2.45) is 0 Å². The number of phenolic OH excluding ortho intramolecular Hbond substituents is 1. The normalized spacial score (nSPS) is 35.4. The molecule has 0 aliphatic carbocycles. The summed E-state index contributed by atoms with van der Waals surface area (Å²) in [6.07, 6.45) is 0.731. The Bertz CT molecular complexity index is 554. The molecule has 0 bridgehead atoms. The lowest BCUT2D eigenvalue weighted by molar-refractivity contribution is -0.197. The zero-order chi connectivity index (χ0) is 14.7. The number of benzene rings is 1. The molecule has 2 aliphatic heterocycles. The van der Waals surface area contributed by atoms with Crippen molar-refractivity contribution in [2.75, 3.05) is 7.11 Å². The molecule has 0 fully saturated rings. The molecule has 1 N–H and O–H groups in total. The number of hydrogen-bond acceptors (Lipinski definition) is 4. The molecule has 0 aromatic heterocycles. The molecule has 2 aliphatic rings. The minimum absolute atomic E-state index is 0.0378. The predicted octanol–water partition coefficient (Wildman–Crippen LogP) is 3.41. The molecule has 3 rings (SSSR count). The molecule has 110 valence electrons. The molecule has 4 nitrogen and oxygen atoms in total. The van der Waals surface area contributed by atoms with Crippen molar-refractivity contribution in [3.8, 4) is 11.5 Å². The largest absolute Gasteiger partial charge is 0.508 e. The van der Waals surface area contributed by atoms with Crippen LogP contribution >= 0.6 is 0 Å². The van der Waals surface area contributed by atoms with Crippen LogP contribution in [0.1, 0.15) is 55.9 Å². The van der Waals surface area contributed by atoms with Crippen LogP contribution in [0.5, 0.6) is 11.5 Å². The molecule has 1 aromatic carbocycles. The van der Waals surface area contributed by atoms with Crippen LogP contribution in [0.15, 0.2) is 6.07 Å². The smallest absolute Gasteiger partial charge is 0.210 e. The summed E-state index contributed by atoms with van der Waals surface area (Å²) in [4.78, 5) is 0. The molecular weight excluding hydrogens is 256 g/mol. The van der Waals surface area contributed by atoms with E-state index in [1.807, 2.05) is 13.8 Å². The average molecular weight is 278 g/mol. The maximum atomic E-state index is 10.2. The van der Waals surface area contributed by atoms with Crippen LogP contribution < -0.4 is 4.74 Å². The molecule has 0 radical (unpaired) electrons. The summed E-state index contributed by atoms with van der Waals surface area (Å²) in [5.74, 6) is 0.487. The van der Waals surface area contributed by atoms with Crippen LogP contribution in [0.25, 0.3) is 0 Å². The van der Waals surface area contributed by atoms with E-state index in [2.05, 4.69) is 13.8 Å². The highest BCUT2D eigenvalue weighted by atomic mass is 16.7. The van der Waals surface area contributed by atoms with E-state index in [0.29, 0.717) is 12.2 Å². The summed E-state index contributed by atoms with van der Waals surface area (Å²) < 4.78 is 17.6. The summed E-state index contributed by atoms with van der Waals surface area (Å²) in [5, 5.41) is 10.2. The van der Waals surface area contributed by atoms with Gasteiger partial charge in [-0.05, 0) is 25.0 Å². The SMILES string of the molecule is CO[C@]1(C)C[C@@H]2O[C@H](C)[C@@H](C)c3c(C)c(O)cc(c32)O1. The van der Waals surface area contributed by atoms with E-state index in [-0.39, 0.29) is 23.9 Å². The van der Waals surface area contributed by atoms with Crippen LogP contribution in [-0.2, 0) is 9.47 Å². The van der Waals surface area contributed by atoms with E-state index < -0.39 is 5.79 Å². The van der Waals surface area contributed by atoms with Gasteiger partial charge in [-0.3, -0.25) is 0 Å². The summed E-state index contributed by atoms with van der Waals surface area (Å²) in [6.45, 7) is 8.07. The molecule has 0 saturated heterocycles. The Kier molecular flexibility index (Phi) is 2.99. The van der Waals surface area contributed by atoms with Gasteiger partial charge in [0.05, 0.1) is 12.2 Å². The van der Waals surface area contributed by atoms with Crippen molar-refractivity contribution in [3.63, 3.8) is 0 Å². The molecule has 20 heavy (non-hydrogen) atoms. The zero-order valence-electron chi connectivity index (χ0n) is 12.7. The Hall–Kier alpha value is -1.26. The Morgan fingerprint density at radius 2 is 2.05 bits per heavy atom. The highest BCUT2D eigenvalue weighted by Gasteiger charge is 2.44. The Morgan fingerprint density at radius 3 is 2.70 bits per heavy atom. The van der Waals surface area contributed by atoms with Gasteiger partial charge < -0.3 is 19.3 Å². The second-order valence-electron chi connectivity index (χ2n) is 6.11. The first-order valence-corrected chi connectivity index (χ1v) is 7.12. The lowest BCUT2D eigenvalue weighted by Gasteiger charge is -2.45. The van der Waals surface area contributed by atoms with Gasteiger partial charge in [-0.15, -0.1) is 0 Å². The van der Waals surface area contributed by atoms with E-state index in [1.165, 1.54) is 5.56 Å². The third kappa shape index (κ3) is 1.82. The van der Waals surface area contributed by atoms with Gasteiger partial charge in [-0.2, -0.15) is 0 Å². The van der Waals surface area contributed by atoms with Crippen molar-refractivity contribution in [1.82, 2.24) is 0 Å². The molecule has 0 unspecified atom stereocenters. The quantitative estimate of drug-likeness (QED) is 0.855. The second-order valence-corrected chi connectivity index (χ2v) is 6.11. The van der Waals surface area contributed by atoms with E-state index in [0.717, 1.165) is 11.1 Å². The van der Waals surface area contributed by atoms with Crippen LogP contribution in [-0.4, -0.2) is 24.1 Å². The fourth-order valence-corrected chi connectivity index (χ4v) is 3.35. The van der Waals surface area contributed by atoms with Crippen molar-refractivity contribution in [1.29, 1.82) is 0 Å².